The number of carbonyl (C=O) groups excluding carboxylic acids is 2. The van der Waals surface area contributed by atoms with E-state index in [0.717, 1.165) is 16.8 Å². The molecule has 3 aromatic carbocycles. The molecule has 0 spiro atoms. The monoisotopic (exact) mass is 504 g/mol. The first-order valence-corrected chi connectivity index (χ1v) is 11.3. The van der Waals surface area contributed by atoms with Crippen LogP contribution in [0.25, 0.3) is 0 Å². The van der Waals surface area contributed by atoms with Gasteiger partial charge in [0.2, 0.25) is 5.91 Å². The standard InChI is InChI=1S/C26H24N4O7/c1-35-23-12-3-17(15-24(23)36-2)16-25(31)29-14-13-22(28-29)18-4-6-19(7-5-18)27-26(32)37-21-10-8-20(9-11-21)30(33)34/h3-12,15H,13-14,16H2,1-2H3,(H,27,32). The van der Waals surface area contributed by atoms with E-state index in [2.05, 4.69) is 10.4 Å². The van der Waals surface area contributed by atoms with Crippen molar-refractivity contribution in [1.29, 1.82) is 0 Å². The van der Waals surface area contributed by atoms with Crippen LogP contribution in [-0.2, 0) is 11.2 Å². The Kier molecular flexibility index (Phi) is 7.62. The van der Waals surface area contributed by atoms with E-state index in [1.807, 2.05) is 6.07 Å². The van der Waals surface area contributed by atoms with E-state index in [9.17, 15) is 19.7 Å². The van der Waals surface area contributed by atoms with Crippen molar-refractivity contribution in [3.63, 3.8) is 0 Å². The van der Waals surface area contributed by atoms with Crippen LogP contribution in [0.15, 0.2) is 71.8 Å². The highest BCUT2D eigenvalue weighted by Crippen LogP contribution is 2.28. The minimum Gasteiger partial charge on any atom is -0.493 e. The molecule has 0 saturated carbocycles. The van der Waals surface area contributed by atoms with Gasteiger partial charge in [0.05, 0.1) is 37.8 Å². The summed E-state index contributed by atoms with van der Waals surface area (Å²) in [5.74, 6) is 1.20. The third-order valence-electron chi connectivity index (χ3n) is 5.62. The molecule has 1 N–H and O–H groups in total. The first kappa shape index (κ1) is 25.2. The maximum Gasteiger partial charge on any atom is 0.417 e. The molecule has 1 heterocycles. The summed E-state index contributed by atoms with van der Waals surface area (Å²) in [6.45, 7) is 0.475. The molecule has 37 heavy (non-hydrogen) atoms. The Morgan fingerprint density at radius 2 is 1.70 bits per heavy atom. The number of nitrogens with zero attached hydrogens (tertiary/aromatic N) is 3. The van der Waals surface area contributed by atoms with Crippen LogP contribution in [-0.4, -0.2) is 48.4 Å². The van der Waals surface area contributed by atoms with Crippen LogP contribution in [0.1, 0.15) is 17.5 Å². The van der Waals surface area contributed by atoms with E-state index < -0.39 is 11.0 Å². The van der Waals surface area contributed by atoms with Gasteiger partial charge in [0.15, 0.2) is 11.5 Å². The molecule has 0 aliphatic carbocycles. The summed E-state index contributed by atoms with van der Waals surface area (Å²) < 4.78 is 15.7. The van der Waals surface area contributed by atoms with Gasteiger partial charge >= 0.3 is 6.09 Å². The van der Waals surface area contributed by atoms with Crippen LogP contribution in [0.2, 0.25) is 0 Å². The number of hydrazone groups is 1. The third kappa shape index (κ3) is 6.20. The van der Waals surface area contributed by atoms with Gasteiger partial charge in [0.25, 0.3) is 5.69 Å². The molecular formula is C26H24N4O7. The van der Waals surface area contributed by atoms with Gasteiger partial charge in [-0.25, -0.2) is 9.80 Å². The second kappa shape index (κ2) is 11.2. The molecule has 190 valence electrons. The van der Waals surface area contributed by atoms with E-state index in [1.165, 1.54) is 29.3 Å². The zero-order chi connectivity index (χ0) is 26.4. The predicted molar refractivity (Wildman–Crippen MR) is 135 cm³/mol. The summed E-state index contributed by atoms with van der Waals surface area (Å²) in [4.78, 5) is 35.1. The summed E-state index contributed by atoms with van der Waals surface area (Å²) in [5.41, 5.74) is 2.79. The van der Waals surface area contributed by atoms with E-state index >= 15 is 0 Å². The average molecular weight is 504 g/mol. The SMILES string of the molecule is COc1ccc(CC(=O)N2CCC(c3ccc(NC(=O)Oc4ccc([N+](=O)[O-])cc4)cc3)=N2)cc1OC. The molecule has 4 rings (SSSR count). The lowest BCUT2D eigenvalue weighted by molar-refractivity contribution is -0.384. The maximum absolute atomic E-state index is 12.8. The number of hydrogen-bond donors (Lipinski definition) is 1. The number of carbonyl (C=O) groups is 2. The van der Waals surface area contributed by atoms with Crippen molar-refractivity contribution in [2.75, 3.05) is 26.1 Å². The summed E-state index contributed by atoms with van der Waals surface area (Å²) in [6, 6.07) is 17.5. The highest BCUT2D eigenvalue weighted by Gasteiger charge is 2.22. The maximum atomic E-state index is 12.8. The smallest absolute Gasteiger partial charge is 0.417 e. The average Bonchev–Trinajstić information content (AvgIpc) is 3.40. The second-order valence-corrected chi connectivity index (χ2v) is 8.02. The zero-order valence-electron chi connectivity index (χ0n) is 20.2. The number of hydrogen-bond acceptors (Lipinski definition) is 8. The van der Waals surface area contributed by atoms with Crippen LogP contribution in [0, 0.1) is 10.1 Å². The van der Waals surface area contributed by atoms with Gasteiger partial charge in [0.1, 0.15) is 5.75 Å². The second-order valence-electron chi connectivity index (χ2n) is 8.02. The molecule has 0 aromatic heterocycles. The Balaban J connectivity index is 1.33. The predicted octanol–water partition coefficient (Wildman–Crippen LogP) is 4.40. The molecule has 0 unspecified atom stereocenters. The van der Waals surface area contributed by atoms with Gasteiger partial charge in [-0.05, 0) is 47.5 Å². The number of methoxy groups -OCH3 is 2. The summed E-state index contributed by atoms with van der Waals surface area (Å²) in [5, 5.41) is 19.3. The van der Waals surface area contributed by atoms with Gasteiger partial charge in [-0.3, -0.25) is 20.2 Å². The topological polar surface area (TPSA) is 133 Å². The van der Waals surface area contributed by atoms with Crippen molar-refractivity contribution in [3.8, 4) is 17.2 Å². The minimum absolute atomic E-state index is 0.0978. The lowest BCUT2D eigenvalue weighted by atomic mass is 10.1. The van der Waals surface area contributed by atoms with Gasteiger partial charge in [0, 0.05) is 24.2 Å². The van der Waals surface area contributed by atoms with Crippen LogP contribution in [0.4, 0.5) is 16.2 Å². The highest BCUT2D eigenvalue weighted by molar-refractivity contribution is 6.03. The molecule has 1 aliphatic heterocycles. The fourth-order valence-electron chi connectivity index (χ4n) is 3.73. The van der Waals surface area contributed by atoms with Crippen molar-refractivity contribution < 1.29 is 28.7 Å². The number of rotatable bonds is 8. The molecular weight excluding hydrogens is 480 g/mol. The fraction of sp³-hybridized carbons (Fsp3) is 0.192. The Labute approximate surface area is 212 Å². The summed E-state index contributed by atoms with van der Waals surface area (Å²) in [6.07, 6.45) is 0.0514. The van der Waals surface area contributed by atoms with Crippen molar-refractivity contribution >= 4 is 29.1 Å². The number of amides is 2. The molecule has 3 aromatic rings. The van der Waals surface area contributed by atoms with Gasteiger partial charge in [-0.15, -0.1) is 0 Å². The van der Waals surface area contributed by atoms with Gasteiger partial charge < -0.3 is 14.2 Å². The number of anilines is 1. The van der Waals surface area contributed by atoms with Crippen molar-refractivity contribution in [2.45, 2.75) is 12.8 Å². The van der Waals surface area contributed by atoms with E-state index in [0.29, 0.717) is 30.2 Å². The van der Waals surface area contributed by atoms with Crippen LogP contribution < -0.4 is 19.5 Å². The van der Waals surface area contributed by atoms with Crippen LogP contribution >= 0.6 is 0 Å². The molecule has 0 atom stereocenters. The lowest BCUT2D eigenvalue weighted by Crippen LogP contribution is -2.25. The quantitative estimate of drug-likeness (QED) is 0.355. The van der Waals surface area contributed by atoms with Crippen LogP contribution in [0.5, 0.6) is 17.2 Å². The molecule has 1 aliphatic rings. The molecule has 0 radical (unpaired) electrons. The van der Waals surface area contributed by atoms with Gasteiger partial charge in [-0.2, -0.15) is 5.10 Å². The van der Waals surface area contributed by atoms with Crippen molar-refractivity contribution in [2.24, 2.45) is 5.10 Å². The minimum atomic E-state index is -0.730. The van der Waals surface area contributed by atoms with E-state index in [1.54, 1.807) is 50.6 Å². The number of ether oxygens (including phenoxy) is 3. The molecule has 11 nitrogen and oxygen atoms in total. The van der Waals surface area contributed by atoms with Crippen molar-refractivity contribution in [3.05, 3.63) is 88.0 Å². The van der Waals surface area contributed by atoms with E-state index in [-0.39, 0.29) is 23.8 Å². The normalized spacial score (nSPS) is 12.5. The third-order valence-corrected chi connectivity index (χ3v) is 5.62. The van der Waals surface area contributed by atoms with Crippen molar-refractivity contribution in [1.82, 2.24) is 5.01 Å². The van der Waals surface area contributed by atoms with E-state index in [4.69, 9.17) is 14.2 Å². The molecule has 11 heteroatoms. The number of nitro groups is 1. The summed E-state index contributed by atoms with van der Waals surface area (Å²) >= 11 is 0. The Hall–Kier alpha value is -4.93. The first-order valence-electron chi connectivity index (χ1n) is 11.3. The molecule has 0 bridgehead atoms. The largest absolute Gasteiger partial charge is 0.493 e. The zero-order valence-corrected chi connectivity index (χ0v) is 20.2. The number of non-ortho nitro benzene ring substituents is 1. The number of benzene rings is 3. The van der Waals surface area contributed by atoms with Crippen LogP contribution in [0.3, 0.4) is 0 Å². The Morgan fingerprint density at radius 1 is 1.00 bits per heavy atom. The Bertz CT molecular complexity index is 1340. The molecule has 2 amide bonds. The molecule has 0 saturated heterocycles. The number of nitro benzene ring substituents is 1. The lowest BCUT2D eigenvalue weighted by Gasteiger charge is -2.13. The first-order chi connectivity index (χ1) is 17.9. The fourth-order valence-corrected chi connectivity index (χ4v) is 3.73. The molecule has 0 fully saturated rings. The Morgan fingerprint density at radius 3 is 2.35 bits per heavy atom. The highest BCUT2D eigenvalue weighted by atomic mass is 16.6. The van der Waals surface area contributed by atoms with Gasteiger partial charge in [-0.1, -0.05) is 18.2 Å². The number of nitrogens with one attached hydrogen (secondary N) is 1. The summed E-state index contributed by atoms with van der Waals surface area (Å²) in [7, 11) is 3.10.